The summed E-state index contributed by atoms with van der Waals surface area (Å²) >= 11 is 0. The molecule has 0 aliphatic carbocycles. The van der Waals surface area contributed by atoms with Crippen LogP contribution in [0.3, 0.4) is 0 Å². The summed E-state index contributed by atoms with van der Waals surface area (Å²) in [5.41, 5.74) is 1.63. The van der Waals surface area contributed by atoms with Crippen LogP contribution in [0.4, 0.5) is 5.69 Å². The number of nitrogens with zero attached hydrogens (tertiary/aromatic N) is 1. The zero-order valence-electron chi connectivity index (χ0n) is 9.15. The molecule has 0 unspecified atom stereocenters. The molecule has 1 aromatic heterocycles. The van der Waals surface area contributed by atoms with E-state index in [4.69, 9.17) is 10.8 Å². The first-order valence-corrected chi connectivity index (χ1v) is 4.83. The van der Waals surface area contributed by atoms with Gasteiger partial charge in [-0.15, -0.1) is 6.42 Å². The quantitative estimate of drug-likeness (QED) is 0.535. The number of anilines is 1. The topological polar surface area (TPSA) is 33.5 Å². The Balaban J connectivity index is 2.80. The van der Waals surface area contributed by atoms with Gasteiger partial charge in [0.25, 0.3) is 0 Å². The van der Waals surface area contributed by atoms with Crippen molar-refractivity contribution in [1.29, 1.82) is 0 Å². The van der Waals surface area contributed by atoms with Crippen molar-refractivity contribution in [3.05, 3.63) is 40.2 Å². The Morgan fingerprint density at radius 2 is 2.06 bits per heavy atom. The van der Waals surface area contributed by atoms with E-state index in [1.165, 1.54) is 6.07 Å². The predicted octanol–water partition coefficient (Wildman–Crippen LogP) is 1.84. The number of benzene rings is 1. The highest BCUT2D eigenvalue weighted by Crippen LogP contribution is 2.21. The molecule has 0 saturated heterocycles. The van der Waals surface area contributed by atoms with Gasteiger partial charge in [0.1, 0.15) is 5.58 Å². The highest BCUT2D eigenvalue weighted by atomic mass is 16.4. The summed E-state index contributed by atoms with van der Waals surface area (Å²) in [6.45, 7) is 0. The second kappa shape index (κ2) is 3.74. The summed E-state index contributed by atoms with van der Waals surface area (Å²) in [4.78, 5) is 13.2. The van der Waals surface area contributed by atoms with Gasteiger partial charge in [0.05, 0.1) is 0 Å². The van der Waals surface area contributed by atoms with Crippen LogP contribution in [0.15, 0.2) is 33.5 Å². The maximum atomic E-state index is 11.3. The van der Waals surface area contributed by atoms with Gasteiger partial charge >= 0.3 is 5.63 Å². The van der Waals surface area contributed by atoms with Crippen LogP contribution in [-0.2, 0) is 0 Å². The van der Waals surface area contributed by atoms with E-state index in [1.807, 2.05) is 31.1 Å². The molecule has 0 amide bonds. The van der Waals surface area contributed by atoms with Gasteiger partial charge in [-0.1, -0.05) is 5.92 Å². The minimum atomic E-state index is -0.420. The van der Waals surface area contributed by atoms with Gasteiger partial charge in [0, 0.05) is 42.9 Å². The molecule has 0 spiro atoms. The molecule has 0 bridgehead atoms. The van der Waals surface area contributed by atoms with Crippen molar-refractivity contribution in [2.75, 3.05) is 19.0 Å². The Morgan fingerprint density at radius 1 is 1.31 bits per heavy atom. The molecule has 0 N–H and O–H groups in total. The van der Waals surface area contributed by atoms with Gasteiger partial charge in [-0.05, 0) is 12.1 Å². The second-order valence-electron chi connectivity index (χ2n) is 3.70. The third-order valence-corrected chi connectivity index (χ3v) is 2.40. The Hall–Kier alpha value is -2.21. The van der Waals surface area contributed by atoms with E-state index in [1.54, 1.807) is 6.07 Å². The average molecular weight is 213 g/mol. The van der Waals surface area contributed by atoms with Crippen molar-refractivity contribution in [1.82, 2.24) is 0 Å². The molecule has 16 heavy (non-hydrogen) atoms. The minimum absolute atomic E-state index is 0.420. The molecular weight excluding hydrogens is 202 g/mol. The molecule has 2 aromatic rings. The van der Waals surface area contributed by atoms with E-state index in [0.717, 1.165) is 11.1 Å². The minimum Gasteiger partial charge on any atom is -0.423 e. The standard InChI is InChI=1S/C13H11NO2/c1-4-9-7-13(15)16-12-8-10(14(2)3)5-6-11(9)12/h1,5-8H,2-3H3. The van der Waals surface area contributed by atoms with Crippen molar-refractivity contribution in [2.45, 2.75) is 0 Å². The molecule has 1 heterocycles. The molecule has 80 valence electrons. The van der Waals surface area contributed by atoms with E-state index in [-0.39, 0.29) is 0 Å². The van der Waals surface area contributed by atoms with Crippen LogP contribution in [-0.4, -0.2) is 14.1 Å². The summed E-state index contributed by atoms with van der Waals surface area (Å²) in [5.74, 6) is 2.49. The molecule has 0 atom stereocenters. The Kier molecular flexibility index (Phi) is 2.41. The summed E-state index contributed by atoms with van der Waals surface area (Å²) in [6.07, 6.45) is 5.34. The lowest BCUT2D eigenvalue weighted by Crippen LogP contribution is -2.08. The largest absolute Gasteiger partial charge is 0.423 e. The average Bonchev–Trinajstić information content (AvgIpc) is 2.26. The van der Waals surface area contributed by atoms with Crippen molar-refractivity contribution in [3.63, 3.8) is 0 Å². The van der Waals surface area contributed by atoms with E-state index in [0.29, 0.717) is 11.1 Å². The summed E-state index contributed by atoms with van der Waals surface area (Å²) in [5, 5.41) is 0.785. The normalized spacial score (nSPS) is 10.1. The highest BCUT2D eigenvalue weighted by molar-refractivity contribution is 5.85. The molecule has 3 heteroatoms. The fraction of sp³-hybridized carbons (Fsp3) is 0.154. The lowest BCUT2D eigenvalue weighted by molar-refractivity contribution is 0.560. The van der Waals surface area contributed by atoms with Crippen LogP contribution in [0.1, 0.15) is 5.56 Å². The SMILES string of the molecule is C#Cc1cc(=O)oc2cc(N(C)C)ccc12. The molecule has 2 rings (SSSR count). The van der Waals surface area contributed by atoms with E-state index in [2.05, 4.69) is 5.92 Å². The zero-order valence-corrected chi connectivity index (χ0v) is 9.15. The number of hydrogen-bond donors (Lipinski definition) is 0. The smallest absolute Gasteiger partial charge is 0.337 e. The van der Waals surface area contributed by atoms with Crippen molar-refractivity contribution < 1.29 is 4.42 Å². The zero-order chi connectivity index (χ0) is 11.7. The summed E-state index contributed by atoms with van der Waals surface area (Å²) in [7, 11) is 3.84. The monoisotopic (exact) mass is 213 g/mol. The first-order valence-electron chi connectivity index (χ1n) is 4.83. The number of fused-ring (bicyclic) bond motifs is 1. The third-order valence-electron chi connectivity index (χ3n) is 2.40. The summed E-state index contributed by atoms with van der Waals surface area (Å²) < 4.78 is 5.12. The third kappa shape index (κ3) is 1.66. The molecule has 0 aliphatic heterocycles. The number of rotatable bonds is 1. The van der Waals surface area contributed by atoms with Gasteiger partial charge in [-0.25, -0.2) is 4.79 Å². The van der Waals surface area contributed by atoms with Crippen molar-refractivity contribution in [2.24, 2.45) is 0 Å². The Morgan fingerprint density at radius 3 is 2.69 bits per heavy atom. The number of terminal acetylenes is 1. The van der Waals surface area contributed by atoms with Crippen LogP contribution >= 0.6 is 0 Å². The molecule has 0 fully saturated rings. The summed E-state index contributed by atoms with van der Waals surface area (Å²) in [6, 6.07) is 6.93. The van der Waals surface area contributed by atoms with Gasteiger partial charge in [-0.3, -0.25) is 0 Å². The van der Waals surface area contributed by atoms with Crippen LogP contribution in [0.5, 0.6) is 0 Å². The molecular formula is C13H11NO2. The maximum absolute atomic E-state index is 11.3. The fourth-order valence-corrected chi connectivity index (χ4v) is 1.55. The second-order valence-corrected chi connectivity index (χ2v) is 3.70. The molecule has 1 aromatic carbocycles. The predicted molar refractivity (Wildman–Crippen MR) is 64.7 cm³/mol. The molecule has 0 radical (unpaired) electrons. The first kappa shape index (κ1) is 10.3. The Bertz CT molecular complexity index is 632. The fourth-order valence-electron chi connectivity index (χ4n) is 1.55. The van der Waals surface area contributed by atoms with E-state index < -0.39 is 5.63 Å². The van der Waals surface area contributed by atoms with Crippen LogP contribution in [0.25, 0.3) is 11.0 Å². The number of hydrogen-bond acceptors (Lipinski definition) is 3. The maximum Gasteiger partial charge on any atom is 0.337 e. The van der Waals surface area contributed by atoms with Gasteiger partial charge < -0.3 is 9.32 Å². The lowest BCUT2D eigenvalue weighted by Gasteiger charge is -2.12. The van der Waals surface area contributed by atoms with Crippen LogP contribution in [0, 0.1) is 12.3 Å². The lowest BCUT2D eigenvalue weighted by atomic mass is 10.1. The van der Waals surface area contributed by atoms with Gasteiger partial charge in [-0.2, -0.15) is 0 Å². The van der Waals surface area contributed by atoms with E-state index >= 15 is 0 Å². The first-order chi connectivity index (χ1) is 7.61. The van der Waals surface area contributed by atoms with Gasteiger partial charge in [0.2, 0.25) is 0 Å². The Labute approximate surface area is 93.3 Å². The van der Waals surface area contributed by atoms with Crippen molar-refractivity contribution in [3.8, 4) is 12.3 Å². The van der Waals surface area contributed by atoms with E-state index in [9.17, 15) is 4.79 Å². The highest BCUT2D eigenvalue weighted by Gasteiger charge is 2.05. The molecule has 0 saturated carbocycles. The van der Waals surface area contributed by atoms with Crippen LogP contribution in [0.2, 0.25) is 0 Å². The van der Waals surface area contributed by atoms with Crippen LogP contribution < -0.4 is 10.5 Å². The van der Waals surface area contributed by atoms with Crippen molar-refractivity contribution >= 4 is 16.7 Å². The molecule has 3 nitrogen and oxygen atoms in total. The van der Waals surface area contributed by atoms with Gasteiger partial charge in [0.15, 0.2) is 0 Å². The molecule has 0 aliphatic rings.